The summed E-state index contributed by atoms with van der Waals surface area (Å²) in [4.78, 5) is 28.9. The summed E-state index contributed by atoms with van der Waals surface area (Å²) in [5.74, 6) is 0.609. The number of benzene rings is 2. The number of fused-ring (bicyclic) bond motifs is 2. The molecule has 8 heteroatoms. The molecule has 1 aromatic heterocycles. The summed E-state index contributed by atoms with van der Waals surface area (Å²) in [6, 6.07) is 12.7. The number of ether oxygens (including phenoxy) is 1. The van der Waals surface area contributed by atoms with Crippen LogP contribution in [-0.2, 0) is 0 Å². The highest BCUT2D eigenvalue weighted by Crippen LogP contribution is 2.47. The van der Waals surface area contributed by atoms with Crippen molar-refractivity contribution in [2.24, 2.45) is 5.73 Å². The fourth-order valence-corrected chi connectivity index (χ4v) is 5.09. The standard InChI is InChI=1S/C24H28N4O4/c25-16(14-7-3-1-4-8-14)13-26-20-15-11-17-18(28-23(31)22(30)27-17)12-19(15)32-24(21(20)29)9-5-2-6-10-24/h1,3-4,7-8,11-12,16,20-21,26,29H,2,5-6,9-10,13,25H2,(H,27,30)(H,28,31). The molecule has 1 saturated carbocycles. The van der Waals surface area contributed by atoms with Gasteiger partial charge < -0.3 is 30.9 Å². The number of hydrogen-bond acceptors (Lipinski definition) is 6. The van der Waals surface area contributed by atoms with E-state index in [0.717, 1.165) is 43.2 Å². The molecule has 3 unspecified atom stereocenters. The lowest BCUT2D eigenvalue weighted by Crippen LogP contribution is -2.57. The number of rotatable bonds is 4. The van der Waals surface area contributed by atoms with Crippen LogP contribution < -0.4 is 26.9 Å². The van der Waals surface area contributed by atoms with Gasteiger partial charge in [-0.3, -0.25) is 9.59 Å². The normalized spacial score (nSPS) is 22.9. The van der Waals surface area contributed by atoms with Crippen molar-refractivity contribution in [2.75, 3.05) is 6.54 Å². The van der Waals surface area contributed by atoms with Gasteiger partial charge in [-0.05, 0) is 37.3 Å². The minimum atomic E-state index is -0.773. The Morgan fingerprint density at radius 2 is 1.72 bits per heavy atom. The zero-order valence-corrected chi connectivity index (χ0v) is 17.8. The van der Waals surface area contributed by atoms with Gasteiger partial charge in [0.1, 0.15) is 17.5 Å². The second-order valence-electron chi connectivity index (χ2n) is 8.92. The van der Waals surface area contributed by atoms with E-state index in [1.54, 1.807) is 12.1 Å². The van der Waals surface area contributed by atoms with Crippen LogP contribution in [0.5, 0.6) is 5.75 Å². The van der Waals surface area contributed by atoms with E-state index in [4.69, 9.17) is 10.5 Å². The maximum absolute atomic E-state index is 11.8. The molecule has 0 bridgehead atoms. The van der Waals surface area contributed by atoms with Crippen LogP contribution in [0.4, 0.5) is 0 Å². The maximum Gasteiger partial charge on any atom is 0.314 e. The molecule has 2 aromatic carbocycles. The Hall–Kier alpha value is -2.94. The molecule has 2 heterocycles. The summed E-state index contributed by atoms with van der Waals surface area (Å²) in [5.41, 5.74) is 7.04. The highest BCUT2D eigenvalue weighted by atomic mass is 16.5. The molecule has 2 aliphatic rings. The smallest absolute Gasteiger partial charge is 0.314 e. The molecule has 8 nitrogen and oxygen atoms in total. The summed E-state index contributed by atoms with van der Waals surface area (Å²) in [5, 5.41) is 15.0. The lowest BCUT2D eigenvalue weighted by atomic mass is 9.74. The molecule has 168 valence electrons. The van der Waals surface area contributed by atoms with Crippen LogP contribution in [0.1, 0.15) is 55.3 Å². The van der Waals surface area contributed by atoms with Crippen LogP contribution >= 0.6 is 0 Å². The van der Waals surface area contributed by atoms with Crippen LogP contribution in [0.2, 0.25) is 0 Å². The highest BCUT2D eigenvalue weighted by Gasteiger charge is 2.49. The Bertz CT molecular complexity index is 1230. The van der Waals surface area contributed by atoms with Gasteiger partial charge in [-0.2, -0.15) is 0 Å². The Balaban J connectivity index is 1.54. The van der Waals surface area contributed by atoms with E-state index in [2.05, 4.69) is 15.3 Å². The Labute approximate surface area is 184 Å². The van der Waals surface area contributed by atoms with Crippen molar-refractivity contribution in [3.05, 3.63) is 74.3 Å². The van der Waals surface area contributed by atoms with Gasteiger partial charge in [-0.15, -0.1) is 0 Å². The van der Waals surface area contributed by atoms with Gasteiger partial charge in [-0.25, -0.2) is 0 Å². The number of aromatic amines is 2. The predicted octanol–water partition coefficient (Wildman–Crippen LogP) is 2.00. The van der Waals surface area contributed by atoms with Crippen LogP contribution in [0.15, 0.2) is 52.1 Å². The van der Waals surface area contributed by atoms with Gasteiger partial charge in [0.25, 0.3) is 0 Å². The second kappa shape index (κ2) is 8.20. The van der Waals surface area contributed by atoms with Crippen LogP contribution in [0.25, 0.3) is 11.0 Å². The molecule has 1 spiro atoms. The number of aromatic nitrogens is 2. The Kier molecular flexibility index (Phi) is 5.36. The molecule has 1 aliphatic heterocycles. The van der Waals surface area contributed by atoms with E-state index < -0.39 is 28.9 Å². The first kappa shape index (κ1) is 20.9. The molecule has 3 aromatic rings. The van der Waals surface area contributed by atoms with Crippen molar-refractivity contribution in [3.8, 4) is 5.75 Å². The van der Waals surface area contributed by atoms with Crippen LogP contribution in [0, 0.1) is 0 Å². The molecule has 5 rings (SSSR count). The number of nitrogens with one attached hydrogen (secondary N) is 3. The minimum Gasteiger partial charge on any atom is -0.484 e. The minimum absolute atomic E-state index is 0.242. The highest BCUT2D eigenvalue weighted by molar-refractivity contribution is 5.77. The summed E-state index contributed by atoms with van der Waals surface area (Å²) in [7, 11) is 0. The molecule has 3 atom stereocenters. The third-order valence-corrected chi connectivity index (χ3v) is 6.84. The van der Waals surface area contributed by atoms with Gasteiger partial charge in [0.15, 0.2) is 0 Å². The molecule has 0 saturated heterocycles. The van der Waals surface area contributed by atoms with Crippen molar-refractivity contribution >= 4 is 11.0 Å². The van der Waals surface area contributed by atoms with Crippen molar-refractivity contribution in [3.63, 3.8) is 0 Å². The van der Waals surface area contributed by atoms with Crippen molar-refractivity contribution in [1.29, 1.82) is 0 Å². The molecular weight excluding hydrogens is 408 g/mol. The fourth-order valence-electron chi connectivity index (χ4n) is 5.09. The largest absolute Gasteiger partial charge is 0.484 e. The van der Waals surface area contributed by atoms with Gasteiger partial charge in [0, 0.05) is 24.2 Å². The zero-order valence-electron chi connectivity index (χ0n) is 17.8. The average Bonchev–Trinajstić information content (AvgIpc) is 2.81. The molecule has 32 heavy (non-hydrogen) atoms. The monoisotopic (exact) mass is 436 g/mol. The van der Waals surface area contributed by atoms with Crippen molar-refractivity contribution in [1.82, 2.24) is 15.3 Å². The van der Waals surface area contributed by atoms with E-state index in [1.807, 2.05) is 30.3 Å². The lowest BCUT2D eigenvalue weighted by Gasteiger charge is -2.48. The third kappa shape index (κ3) is 3.64. The second-order valence-corrected chi connectivity index (χ2v) is 8.92. The Morgan fingerprint density at radius 1 is 1.06 bits per heavy atom. The van der Waals surface area contributed by atoms with Gasteiger partial charge in [-0.1, -0.05) is 36.8 Å². The topological polar surface area (TPSA) is 133 Å². The summed E-state index contributed by atoms with van der Waals surface area (Å²) in [6.07, 6.45) is 3.84. The first-order valence-electron chi connectivity index (χ1n) is 11.2. The summed E-state index contributed by atoms with van der Waals surface area (Å²) >= 11 is 0. The molecule has 0 radical (unpaired) electrons. The summed E-state index contributed by atoms with van der Waals surface area (Å²) < 4.78 is 6.44. The number of aliphatic hydroxyl groups excluding tert-OH is 1. The number of H-pyrrole nitrogens is 2. The fraction of sp³-hybridized carbons (Fsp3) is 0.417. The average molecular weight is 437 g/mol. The van der Waals surface area contributed by atoms with Crippen molar-refractivity contribution in [2.45, 2.75) is 55.9 Å². The van der Waals surface area contributed by atoms with E-state index in [9.17, 15) is 14.7 Å². The number of aliphatic hydroxyl groups is 1. The maximum atomic E-state index is 11.8. The zero-order chi connectivity index (χ0) is 22.3. The van der Waals surface area contributed by atoms with Gasteiger partial charge in [0.2, 0.25) is 0 Å². The molecule has 1 fully saturated rings. The molecular formula is C24H28N4O4. The number of nitrogens with two attached hydrogens (primary N) is 1. The molecule has 6 N–H and O–H groups in total. The van der Waals surface area contributed by atoms with Crippen molar-refractivity contribution < 1.29 is 9.84 Å². The van der Waals surface area contributed by atoms with E-state index in [-0.39, 0.29) is 6.04 Å². The summed E-state index contributed by atoms with van der Waals surface area (Å²) in [6.45, 7) is 0.460. The third-order valence-electron chi connectivity index (χ3n) is 6.84. The van der Waals surface area contributed by atoms with Crippen LogP contribution in [0.3, 0.4) is 0 Å². The van der Waals surface area contributed by atoms with Crippen LogP contribution in [-0.4, -0.2) is 33.3 Å². The Morgan fingerprint density at radius 3 is 2.41 bits per heavy atom. The molecule has 0 amide bonds. The molecule has 1 aliphatic carbocycles. The lowest BCUT2D eigenvalue weighted by molar-refractivity contribution is -0.107. The van der Waals surface area contributed by atoms with Gasteiger partial charge in [0.05, 0.1) is 17.1 Å². The van der Waals surface area contributed by atoms with E-state index in [0.29, 0.717) is 23.3 Å². The number of hydrogen-bond donors (Lipinski definition) is 5. The first-order chi connectivity index (χ1) is 15.5. The quantitative estimate of drug-likeness (QED) is 0.397. The van der Waals surface area contributed by atoms with E-state index >= 15 is 0 Å². The van der Waals surface area contributed by atoms with Gasteiger partial charge >= 0.3 is 11.1 Å². The SMILES string of the molecule is NC(CNC1c2cc3[nH]c(=O)c(=O)[nH]c3cc2OC2(CCCCC2)C1O)c1ccccc1. The predicted molar refractivity (Wildman–Crippen MR) is 122 cm³/mol. The van der Waals surface area contributed by atoms with E-state index in [1.165, 1.54) is 0 Å². The first-order valence-corrected chi connectivity index (χ1v) is 11.2.